The second-order valence-electron chi connectivity index (χ2n) is 1.63. The molecule has 0 aromatic heterocycles. The molecule has 1 unspecified atom stereocenters. The SMILES string of the molecule is CONS(=O)C(C)C. The van der Waals surface area contributed by atoms with E-state index in [4.69, 9.17) is 0 Å². The first kappa shape index (κ1) is 8.07. The molecule has 0 aromatic rings. The monoisotopic (exact) mass is 137 g/mol. The van der Waals surface area contributed by atoms with Crippen molar-refractivity contribution < 1.29 is 9.05 Å². The maximum Gasteiger partial charge on any atom is 0.118 e. The summed E-state index contributed by atoms with van der Waals surface area (Å²) in [4.78, 5) is 6.73. The van der Waals surface area contributed by atoms with Crippen molar-refractivity contribution in [3.8, 4) is 0 Å². The number of hydrogen-bond donors (Lipinski definition) is 1. The Labute approximate surface area is 52.0 Å². The molecular formula is C4H11NO2S. The molecule has 0 amide bonds. The zero-order valence-electron chi connectivity index (χ0n) is 5.30. The minimum atomic E-state index is -1.04. The highest BCUT2D eigenvalue weighted by atomic mass is 32.2. The van der Waals surface area contributed by atoms with Crippen molar-refractivity contribution in [2.24, 2.45) is 0 Å². The zero-order chi connectivity index (χ0) is 6.57. The van der Waals surface area contributed by atoms with E-state index >= 15 is 0 Å². The average molecular weight is 137 g/mol. The quantitative estimate of drug-likeness (QED) is 0.565. The van der Waals surface area contributed by atoms with Crippen LogP contribution in [0.2, 0.25) is 0 Å². The van der Waals surface area contributed by atoms with Crippen molar-refractivity contribution in [3.63, 3.8) is 0 Å². The van der Waals surface area contributed by atoms with Gasteiger partial charge < -0.3 is 0 Å². The van der Waals surface area contributed by atoms with Crippen LogP contribution in [0.5, 0.6) is 0 Å². The Hall–Kier alpha value is 0.0700. The molecule has 0 fully saturated rings. The summed E-state index contributed by atoms with van der Waals surface area (Å²) in [5.41, 5.74) is 0. The lowest BCUT2D eigenvalue weighted by atomic mass is 10.6. The van der Waals surface area contributed by atoms with Crippen LogP contribution >= 0.6 is 0 Å². The summed E-state index contributed by atoms with van der Waals surface area (Å²) in [6.07, 6.45) is 0. The molecule has 0 heterocycles. The molecule has 4 heteroatoms. The summed E-state index contributed by atoms with van der Waals surface area (Å²) in [7, 11) is 0.401. The summed E-state index contributed by atoms with van der Waals surface area (Å²) < 4.78 is 10.6. The predicted octanol–water partition coefficient (Wildman–Crippen LogP) is 0.209. The van der Waals surface area contributed by atoms with Crippen LogP contribution in [0.25, 0.3) is 0 Å². The third-order valence-electron chi connectivity index (χ3n) is 0.594. The first-order chi connectivity index (χ1) is 3.68. The van der Waals surface area contributed by atoms with Gasteiger partial charge in [-0.2, -0.15) is 0 Å². The third-order valence-corrected chi connectivity index (χ3v) is 1.78. The van der Waals surface area contributed by atoms with Crippen LogP contribution in [-0.4, -0.2) is 16.6 Å². The maximum atomic E-state index is 10.6. The van der Waals surface area contributed by atoms with Crippen molar-refractivity contribution in [1.82, 2.24) is 4.89 Å². The summed E-state index contributed by atoms with van der Waals surface area (Å²) in [6.45, 7) is 3.70. The molecule has 0 radical (unpaired) electrons. The summed E-state index contributed by atoms with van der Waals surface area (Å²) in [6, 6.07) is 0. The topological polar surface area (TPSA) is 38.3 Å². The maximum absolute atomic E-state index is 10.6. The average Bonchev–Trinajstić information content (AvgIpc) is 1.67. The van der Waals surface area contributed by atoms with Gasteiger partial charge in [0.25, 0.3) is 0 Å². The van der Waals surface area contributed by atoms with E-state index in [2.05, 4.69) is 9.72 Å². The molecular weight excluding hydrogens is 126 g/mol. The number of hydrogen-bond acceptors (Lipinski definition) is 2. The van der Waals surface area contributed by atoms with Crippen molar-refractivity contribution in [2.45, 2.75) is 19.1 Å². The highest BCUT2D eigenvalue weighted by Crippen LogP contribution is 1.87. The largest absolute Gasteiger partial charge is 0.292 e. The highest BCUT2D eigenvalue weighted by Gasteiger charge is 2.01. The van der Waals surface area contributed by atoms with Gasteiger partial charge in [0, 0.05) is 5.25 Å². The second kappa shape index (κ2) is 4.00. The lowest BCUT2D eigenvalue weighted by Gasteiger charge is -2.02. The molecule has 0 aliphatic heterocycles. The minimum absolute atomic E-state index is 0.106. The Morgan fingerprint density at radius 1 is 1.62 bits per heavy atom. The molecule has 3 nitrogen and oxygen atoms in total. The van der Waals surface area contributed by atoms with Gasteiger partial charge in [0.15, 0.2) is 0 Å². The Bertz CT molecular complexity index is 84.1. The van der Waals surface area contributed by atoms with E-state index in [1.54, 1.807) is 0 Å². The number of nitrogens with one attached hydrogen (secondary N) is 1. The normalized spacial score (nSPS) is 14.5. The summed E-state index contributed by atoms with van der Waals surface area (Å²) >= 11 is 0. The van der Waals surface area contributed by atoms with Gasteiger partial charge in [0.1, 0.15) is 11.0 Å². The fraction of sp³-hybridized carbons (Fsp3) is 1.00. The van der Waals surface area contributed by atoms with Crippen LogP contribution < -0.4 is 4.89 Å². The van der Waals surface area contributed by atoms with Gasteiger partial charge >= 0.3 is 0 Å². The van der Waals surface area contributed by atoms with E-state index in [0.29, 0.717) is 0 Å². The molecule has 0 spiro atoms. The lowest BCUT2D eigenvalue weighted by molar-refractivity contribution is 0.158. The van der Waals surface area contributed by atoms with E-state index < -0.39 is 11.0 Å². The van der Waals surface area contributed by atoms with Gasteiger partial charge in [0.05, 0.1) is 7.11 Å². The standard InChI is InChI=1S/C4H11NO2S/c1-4(2)8(6)5-7-3/h4-5H,1-3H3. The zero-order valence-corrected chi connectivity index (χ0v) is 6.12. The molecule has 8 heavy (non-hydrogen) atoms. The Kier molecular flexibility index (Phi) is 4.03. The fourth-order valence-electron chi connectivity index (χ4n) is 0.178. The molecule has 1 N–H and O–H groups in total. The van der Waals surface area contributed by atoms with Gasteiger partial charge in [-0.25, -0.2) is 4.21 Å². The van der Waals surface area contributed by atoms with Gasteiger partial charge in [-0.3, -0.25) is 4.84 Å². The van der Waals surface area contributed by atoms with Gasteiger partial charge in [-0.1, -0.05) is 0 Å². The molecule has 0 aliphatic rings. The molecule has 1 atom stereocenters. The minimum Gasteiger partial charge on any atom is -0.292 e. The third kappa shape index (κ3) is 3.12. The lowest BCUT2D eigenvalue weighted by Crippen LogP contribution is -2.22. The van der Waals surface area contributed by atoms with Gasteiger partial charge in [-0.15, -0.1) is 4.89 Å². The molecule has 0 aromatic carbocycles. The van der Waals surface area contributed by atoms with Crippen LogP contribution in [0.15, 0.2) is 0 Å². The fourth-order valence-corrected chi connectivity index (χ4v) is 0.535. The molecule has 0 rings (SSSR count). The van der Waals surface area contributed by atoms with E-state index in [1.165, 1.54) is 7.11 Å². The van der Waals surface area contributed by atoms with Crippen LogP contribution in [0.1, 0.15) is 13.8 Å². The van der Waals surface area contributed by atoms with Crippen LogP contribution in [0.3, 0.4) is 0 Å². The Morgan fingerprint density at radius 3 is 2.25 bits per heavy atom. The Balaban J connectivity index is 3.33. The number of rotatable bonds is 3. The molecule has 0 aliphatic carbocycles. The smallest absolute Gasteiger partial charge is 0.118 e. The summed E-state index contributed by atoms with van der Waals surface area (Å²) in [5, 5.41) is 0.106. The van der Waals surface area contributed by atoms with E-state index in [0.717, 1.165) is 0 Å². The van der Waals surface area contributed by atoms with Crippen LogP contribution in [0.4, 0.5) is 0 Å². The van der Waals surface area contributed by atoms with Gasteiger partial charge in [0.2, 0.25) is 0 Å². The van der Waals surface area contributed by atoms with Gasteiger partial charge in [-0.05, 0) is 13.8 Å². The first-order valence-corrected chi connectivity index (χ1v) is 3.59. The van der Waals surface area contributed by atoms with E-state index in [-0.39, 0.29) is 5.25 Å². The van der Waals surface area contributed by atoms with Crippen molar-refractivity contribution >= 4 is 11.0 Å². The van der Waals surface area contributed by atoms with Crippen LogP contribution in [-0.2, 0) is 15.8 Å². The molecule has 0 saturated heterocycles. The van der Waals surface area contributed by atoms with E-state index in [9.17, 15) is 4.21 Å². The second-order valence-corrected chi connectivity index (χ2v) is 3.34. The van der Waals surface area contributed by atoms with Crippen LogP contribution in [0, 0.1) is 0 Å². The molecule has 50 valence electrons. The highest BCUT2D eigenvalue weighted by molar-refractivity contribution is 7.83. The predicted molar refractivity (Wildman–Crippen MR) is 33.4 cm³/mol. The van der Waals surface area contributed by atoms with Crippen molar-refractivity contribution in [1.29, 1.82) is 0 Å². The van der Waals surface area contributed by atoms with Crippen molar-refractivity contribution in [2.75, 3.05) is 7.11 Å². The molecule has 0 bridgehead atoms. The first-order valence-electron chi connectivity index (χ1n) is 2.37. The van der Waals surface area contributed by atoms with E-state index in [1.807, 2.05) is 13.8 Å². The molecule has 0 saturated carbocycles. The van der Waals surface area contributed by atoms with Crippen molar-refractivity contribution in [3.05, 3.63) is 0 Å². The summed E-state index contributed by atoms with van der Waals surface area (Å²) in [5.74, 6) is 0. The Morgan fingerprint density at radius 2 is 2.12 bits per heavy atom.